The zero-order valence-corrected chi connectivity index (χ0v) is 22.6. The highest BCUT2D eigenvalue weighted by molar-refractivity contribution is 7.99. The van der Waals surface area contributed by atoms with Gasteiger partial charge in [-0.25, -0.2) is 14.6 Å². The number of ether oxygens (including phenoxy) is 1. The van der Waals surface area contributed by atoms with Gasteiger partial charge in [-0.2, -0.15) is 5.10 Å². The van der Waals surface area contributed by atoms with Gasteiger partial charge in [-0.05, 0) is 43.0 Å². The van der Waals surface area contributed by atoms with E-state index in [0.29, 0.717) is 36.3 Å². The van der Waals surface area contributed by atoms with Crippen LogP contribution in [0.1, 0.15) is 50.4 Å². The molecule has 0 atom stereocenters. The molecule has 5 rings (SSSR count). The lowest BCUT2D eigenvalue weighted by atomic mass is 10.0. The third-order valence-electron chi connectivity index (χ3n) is 6.48. The van der Waals surface area contributed by atoms with Crippen molar-refractivity contribution in [3.8, 4) is 5.75 Å². The van der Waals surface area contributed by atoms with Gasteiger partial charge in [-0.15, -0.1) is 0 Å². The number of benzene rings is 2. The average molecular weight is 519 g/mol. The van der Waals surface area contributed by atoms with Crippen molar-refractivity contribution in [1.29, 1.82) is 0 Å². The van der Waals surface area contributed by atoms with Crippen molar-refractivity contribution in [1.82, 2.24) is 25.1 Å². The molecule has 2 aromatic heterocycles. The largest absolute Gasteiger partial charge is 0.493 e. The summed E-state index contributed by atoms with van der Waals surface area (Å²) in [6.45, 7) is 9.65. The first-order valence-electron chi connectivity index (χ1n) is 13.1. The van der Waals surface area contributed by atoms with Crippen molar-refractivity contribution in [3.63, 3.8) is 0 Å². The Bertz CT molecular complexity index is 1400. The van der Waals surface area contributed by atoms with E-state index in [2.05, 4.69) is 29.2 Å². The van der Waals surface area contributed by atoms with Crippen LogP contribution >= 0.6 is 11.8 Å². The van der Waals surface area contributed by atoms with E-state index in [9.17, 15) is 4.79 Å². The minimum absolute atomic E-state index is 0.156. The van der Waals surface area contributed by atoms with E-state index in [-0.39, 0.29) is 5.91 Å². The summed E-state index contributed by atoms with van der Waals surface area (Å²) in [7, 11) is 0. The van der Waals surface area contributed by atoms with Crippen molar-refractivity contribution < 1.29 is 9.53 Å². The first kappa shape index (κ1) is 25.3. The van der Waals surface area contributed by atoms with Gasteiger partial charge in [-0.1, -0.05) is 55.9 Å². The Morgan fingerprint density at radius 3 is 2.68 bits per heavy atom. The molecule has 4 aromatic rings. The van der Waals surface area contributed by atoms with Gasteiger partial charge in [0, 0.05) is 24.9 Å². The number of nitrogens with zero attached hydrogens (tertiary/aromatic N) is 5. The number of hydrogen-bond donors (Lipinski definition) is 1. The predicted molar refractivity (Wildman–Crippen MR) is 150 cm³/mol. The van der Waals surface area contributed by atoms with Crippen molar-refractivity contribution in [2.75, 3.05) is 31.1 Å². The molecule has 3 heterocycles. The second kappa shape index (κ2) is 11.4. The fourth-order valence-electron chi connectivity index (χ4n) is 4.82. The van der Waals surface area contributed by atoms with Crippen molar-refractivity contribution in [3.05, 3.63) is 48.2 Å². The third-order valence-corrected chi connectivity index (χ3v) is 7.34. The SMILES string of the molecule is CCOc1ccc2ccccc2c1C(=O)NCCn1ncc2c(N3CCCCC3)nc(SC(C)C)nc21. The molecule has 194 valence electrons. The number of piperidine rings is 1. The van der Waals surface area contributed by atoms with Crippen LogP contribution in [0, 0.1) is 0 Å². The second-order valence-electron chi connectivity index (χ2n) is 9.50. The number of hydrogen-bond acceptors (Lipinski definition) is 7. The van der Waals surface area contributed by atoms with E-state index in [1.807, 2.05) is 54.2 Å². The number of aromatic nitrogens is 4. The lowest BCUT2D eigenvalue weighted by molar-refractivity contribution is 0.0950. The normalized spacial score (nSPS) is 14.0. The molecule has 0 saturated carbocycles. The van der Waals surface area contributed by atoms with E-state index in [4.69, 9.17) is 14.7 Å². The van der Waals surface area contributed by atoms with Gasteiger partial charge in [0.25, 0.3) is 5.91 Å². The maximum absolute atomic E-state index is 13.3. The number of nitrogens with one attached hydrogen (secondary N) is 1. The molecule has 0 spiro atoms. The zero-order chi connectivity index (χ0) is 25.8. The molecule has 0 unspecified atom stereocenters. The number of anilines is 1. The molecule has 37 heavy (non-hydrogen) atoms. The molecule has 1 fully saturated rings. The van der Waals surface area contributed by atoms with Gasteiger partial charge < -0.3 is 15.0 Å². The fourth-order valence-corrected chi connectivity index (χ4v) is 5.52. The van der Waals surface area contributed by atoms with Crippen molar-refractivity contribution in [2.45, 2.75) is 57.0 Å². The summed E-state index contributed by atoms with van der Waals surface area (Å²) in [5.41, 5.74) is 1.38. The molecule has 1 aliphatic rings. The van der Waals surface area contributed by atoms with Crippen LogP contribution in [0.5, 0.6) is 5.75 Å². The summed E-state index contributed by atoms with van der Waals surface area (Å²) in [6.07, 6.45) is 5.48. The number of thioether (sulfide) groups is 1. The highest BCUT2D eigenvalue weighted by atomic mass is 32.2. The molecule has 8 nitrogen and oxygen atoms in total. The number of carbonyl (C=O) groups is 1. The van der Waals surface area contributed by atoms with E-state index >= 15 is 0 Å². The number of fused-ring (bicyclic) bond motifs is 2. The van der Waals surface area contributed by atoms with Gasteiger partial charge >= 0.3 is 0 Å². The third kappa shape index (κ3) is 5.51. The van der Waals surface area contributed by atoms with Gasteiger partial charge in [0.1, 0.15) is 11.6 Å². The van der Waals surface area contributed by atoms with Crippen LogP contribution in [-0.2, 0) is 6.54 Å². The molecule has 1 amide bonds. The minimum Gasteiger partial charge on any atom is -0.493 e. The van der Waals surface area contributed by atoms with Crippen molar-refractivity contribution in [2.24, 2.45) is 0 Å². The van der Waals surface area contributed by atoms with Crippen molar-refractivity contribution >= 4 is 45.3 Å². The first-order valence-corrected chi connectivity index (χ1v) is 14.0. The lowest BCUT2D eigenvalue weighted by Gasteiger charge is -2.28. The van der Waals surface area contributed by atoms with Crippen LogP contribution in [0.4, 0.5) is 5.82 Å². The molecule has 0 radical (unpaired) electrons. The molecule has 2 aromatic carbocycles. The Morgan fingerprint density at radius 2 is 1.89 bits per heavy atom. The summed E-state index contributed by atoms with van der Waals surface area (Å²) in [5.74, 6) is 1.41. The summed E-state index contributed by atoms with van der Waals surface area (Å²) in [5, 5.41) is 11.7. The summed E-state index contributed by atoms with van der Waals surface area (Å²) >= 11 is 1.66. The molecule has 0 bridgehead atoms. The van der Waals surface area contributed by atoms with Crippen LogP contribution in [0.15, 0.2) is 47.8 Å². The topological polar surface area (TPSA) is 85.2 Å². The number of rotatable bonds is 9. The van der Waals surface area contributed by atoms with Gasteiger partial charge in [-0.3, -0.25) is 4.79 Å². The smallest absolute Gasteiger partial charge is 0.255 e. The Morgan fingerprint density at radius 1 is 1.08 bits per heavy atom. The van der Waals surface area contributed by atoms with E-state index in [0.717, 1.165) is 45.9 Å². The van der Waals surface area contributed by atoms with Crippen LogP contribution in [-0.4, -0.2) is 57.1 Å². The summed E-state index contributed by atoms with van der Waals surface area (Å²) < 4.78 is 7.67. The maximum atomic E-state index is 13.3. The summed E-state index contributed by atoms with van der Waals surface area (Å²) in [4.78, 5) is 25.5. The monoisotopic (exact) mass is 518 g/mol. The van der Waals surface area contributed by atoms with Gasteiger partial charge in [0.05, 0.1) is 30.3 Å². The van der Waals surface area contributed by atoms with E-state index in [1.54, 1.807) is 11.8 Å². The molecule has 9 heteroatoms. The quantitative estimate of drug-likeness (QED) is 0.238. The van der Waals surface area contributed by atoms with Crippen LogP contribution < -0.4 is 15.0 Å². The maximum Gasteiger partial charge on any atom is 0.255 e. The minimum atomic E-state index is -0.156. The highest BCUT2D eigenvalue weighted by Crippen LogP contribution is 2.31. The van der Waals surface area contributed by atoms with Gasteiger partial charge in [0.2, 0.25) is 0 Å². The first-order chi connectivity index (χ1) is 18.0. The zero-order valence-electron chi connectivity index (χ0n) is 21.7. The molecule has 0 aliphatic carbocycles. The molecule has 1 N–H and O–H groups in total. The molecular formula is C28H34N6O2S. The van der Waals surface area contributed by atoms with Gasteiger partial charge in [0.15, 0.2) is 10.8 Å². The molecular weight excluding hydrogens is 484 g/mol. The van der Waals surface area contributed by atoms with Crippen LogP contribution in [0.3, 0.4) is 0 Å². The number of amides is 1. The van der Waals surface area contributed by atoms with E-state index < -0.39 is 0 Å². The second-order valence-corrected chi connectivity index (χ2v) is 11.0. The Labute approximate surface area is 221 Å². The molecule has 1 saturated heterocycles. The molecule has 1 aliphatic heterocycles. The summed E-state index contributed by atoms with van der Waals surface area (Å²) in [6, 6.07) is 11.7. The predicted octanol–water partition coefficient (Wildman–Crippen LogP) is 5.30. The Hall–Kier alpha value is -3.33. The Kier molecular flexibility index (Phi) is 7.79. The number of carbonyl (C=O) groups excluding carboxylic acids is 1. The van der Waals surface area contributed by atoms with Crippen LogP contribution in [0.25, 0.3) is 21.8 Å². The standard InChI is InChI=1S/C28H34N6O2S/c1-4-36-23-13-12-20-10-6-7-11-21(20)24(23)27(35)29-14-17-34-26-22(18-30-34)25(33-15-8-5-9-16-33)31-28(32-26)37-19(2)3/h6-7,10-13,18-19H,4-5,8-9,14-17H2,1-3H3,(H,29,35). The van der Waals surface area contributed by atoms with E-state index in [1.165, 1.54) is 19.3 Å². The lowest BCUT2D eigenvalue weighted by Crippen LogP contribution is -2.30. The Balaban J connectivity index is 1.38. The van der Waals surface area contributed by atoms with Crippen LogP contribution in [0.2, 0.25) is 0 Å². The highest BCUT2D eigenvalue weighted by Gasteiger charge is 2.21. The fraction of sp³-hybridized carbons (Fsp3) is 0.429. The average Bonchev–Trinajstić information content (AvgIpc) is 3.31.